The Bertz CT molecular complexity index is 434. The molecule has 1 fully saturated rings. The summed E-state index contributed by atoms with van der Waals surface area (Å²) in [4.78, 5) is 16.2. The molecule has 1 aliphatic rings. The van der Waals surface area contributed by atoms with Crippen LogP contribution in [0, 0.1) is 5.92 Å². The van der Waals surface area contributed by atoms with Gasteiger partial charge in [0.15, 0.2) is 11.5 Å². The number of rotatable bonds is 4. The van der Waals surface area contributed by atoms with Crippen molar-refractivity contribution in [1.82, 2.24) is 20.0 Å². The van der Waals surface area contributed by atoms with Crippen molar-refractivity contribution in [3.63, 3.8) is 0 Å². The van der Waals surface area contributed by atoms with Crippen molar-refractivity contribution in [1.29, 1.82) is 0 Å². The molecule has 3 N–H and O–H groups in total. The maximum Gasteiger partial charge on any atom is 0.274 e. The maximum absolute atomic E-state index is 12.2. The fraction of sp³-hybridized carbons (Fsp3) is 0.583. The van der Waals surface area contributed by atoms with E-state index in [1.165, 1.54) is 0 Å². The summed E-state index contributed by atoms with van der Waals surface area (Å²) < 4.78 is 0. The largest absolute Gasteiger partial charge is 0.340 e. The first-order valence-corrected chi connectivity index (χ1v) is 6.34. The number of nitrogens with one attached hydrogen (secondary N) is 1. The summed E-state index contributed by atoms with van der Waals surface area (Å²) in [7, 11) is 3.91. The molecule has 104 valence electrons. The predicted molar refractivity (Wildman–Crippen MR) is 72.4 cm³/mol. The van der Waals surface area contributed by atoms with Crippen molar-refractivity contribution in [2.45, 2.75) is 6.42 Å². The molecule has 0 saturated carbocycles. The molecule has 1 atom stereocenters. The van der Waals surface area contributed by atoms with E-state index < -0.39 is 0 Å². The van der Waals surface area contributed by atoms with Gasteiger partial charge in [0, 0.05) is 20.1 Å². The number of carbonyl (C=O) groups is 1. The molecule has 0 bridgehead atoms. The molecule has 19 heavy (non-hydrogen) atoms. The van der Waals surface area contributed by atoms with E-state index in [0.29, 0.717) is 17.4 Å². The molecule has 0 aromatic carbocycles. The number of hydrogen-bond donors (Lipinski definition) is 2. The number of aromatic nitrogens is 2. The Kier molecular flexibility index (Phi) is 4.28. The Balaban J connectivity index is 1.94. The summed E-state index contributed by atoms with van der Waals surface area (Å²) in [5.74, 6) is 6.08. The zero-order valence-corrected chi connectivity index (χ0v) is 11.3. The van der Waals surface area contributed by atoms with Gasteiger partial charge in [0.25, 0.3) is 5.91 Å². The standard InChI is InChI=1S/C12H20N6O/c1-17-6-5-9(7-17)8-18(2)12(19)10-3-4-11(14-13)16-15-10/h3-4,9H,5-8,13H2,1-2H3,(H,14,16). The zero-order chi connectivity index (χ0) is 13.8. The van der Waals surface area contributed by atoms with Crippen molar-refractivity contribution in [3.8, 4) is 0 Å². The van der Waals surface area contributed by atoms with Crippen molar-refractivity contribution in [2.75, 3.05) is 39.2 Å². The van der Waals surface area contributed by atoms with Crippen LogP contribution in [-0.4, -0.2) is 59.6 Å². The first kappa shape index (κ1) is 13.7. The Morgan fingerprint density at radius 3 is 2.89 bits per heavy atom. The third-order valence-electron chi connectivity index (χ3n) is 3.40. The molecule has 1 aliphatic heterocycles. The third-order valence-corrected chi connectivity index (χ3v) is 3.40. The van der Waals surface area contributed by atoms with Crippen LogP contribution < -0.4 is 11.3 Å². The number of carbonyl (C=O) groups excluding carboxylic acids is 1. The summed E-state index contributed by atoms with van der Waals surface area (Å²) in [5.41, 5.74) is 2.72. The first-order chi connectivity index (χ1) is 9.10. The van der Waals surface area contributed by atoms with Gasteiger partial charge in [-0.1, -0.05) is 0 Å². The Labute approximate surface area is 112 Å². The molecule has 0 spiro atoms. The van der Waals surface area contributed by atoms with Crippen LogP contribution in [0.5, 0.6) is 0 Å². The van der Waals surface area contributed by atoms with E-state index in [9.17, 15) is 4.79 Å². The molecule has 1 aromatic heterocycles. The lowest BCUT2D eigenvalue weighted by Crippen LogP contribution is -2.33. The normalized spacial score (nSPS) is 19.4. The number of nitrogens with zero attached hydrogens (tertiary/aromatic N) is 4. The molecular weight excluding hydrogens is 244 g/mol. The van der Waals surface area contributed by atoms with E-state index in [4.69, 9.17) is 5.84 Å². The topological polar surface area (TPSA) is 87.4 Å². The number of nitrogens with two attached hydrogens (primary N) is 1. The highest BCUT2D eigenvalue weighted by Crippen LogP contribution is 2.16. The molecule has 0 aliphatic carbocycles. The highest BCUT2D eigenvalue weighted by molar-refractivity contribution is 5.92. The van der Waals surface area contributed by atoms with Crippen LogP contribution in [0.1, 0.15) is 16.9 Å². The van der Waals surface area contributed by atoms with Gasteiger partial charge in [-0.25, -0.2) is 5.84 Å². The van der Waals surface area contributed by atoms with Crippen LogP contribution >= 0.6 is 0 Å². The SMILES string of the molecule is CN1CCC(CN(C)C(=O)c2ccc(NN)nn2)C1. The fourth-order valence-corrected chi connectivity index (χ4v) is 2.36. The van der Waals surface area contributed by atoms with Crippen LogP contribution in [0.2, 0.25) is 0 Å². The second kappa shape index (κ2) is 5.94. The second-order valence-electron chi connectivity index (χ2n) is 5.05. The van der Waals surface area contributed by atoms with Crippen LogP contribution in [-0.2, 0) is 0 Å². The predicted octanol–water partition coefficient (Wildman–Crippen LogP) is -0.214. The lowest BCUT2D eigenvalue weighted by molar-refractivity contribution is 0.0767. The van der Waals surface area contributed by atoms with Crippen LogP contribution in [0.4, 0.5) is 5.82 Å². The summed E-state index contributed by atoms with van der Waals surface area (Å²) in [6.07, 6.45) is 1.13. The molecule has 1 unspecified atom stereocenters. The highest BCUT2D eigenvalue weighted by Gasteiger charge is 2.23. The smallest absolute Gasteiger partial charge is 0.274 e. The van der Waals surface area contributed by atoms with Gasteiger partial charge in [-0.3, -0.25) is 4.79 Å². The molecule has 1 amide bonds. The Morgan fingerprint density at radius 2 is 2.37 bits per heavy atom. The van der Waals surface area contributed by atoms with Crippen molar-refractivity contribution >= 4 is 11.7 Å². The number of hydrazine groups is 1. The molecular formula is C12H20N6O. The minimum absolute atomic E-state index is 0.106. The lowest BCUT2D eigenvalue weighted by Gasteiger charge is -2.20. The maximum atomic E-state index is 12.2. The number of amides is 1. The minimum Gasteiger partial charge on any atom is -0.340 e. The molecule has 7 heteroatoms. The summed E-state index contributed by atoms with van der Waals surface area (Å²) in [6, 6.07) is 3.26. The molecule has 2 heterocycles. The molecule has 0 radical (unpaired) electrons. The van der Waals surface area contributed by atoms with Gasteiger partial charge in [-0.05, 0) is 38.1 Å². The van der Waals surface area contributed by atoms with Crippen molar-refractivity contribution in [3.05, 3.63) is 17.8 Å². The van der Waals surface area contributed by atoms with Crippen LogP contribution in [0.3, 0.4) is 0 Å². The summed E-state index contributed by atoms with van der Waals surface area (Å²) >= 11 is 0. The number of likely N-dealkylation sites (tertiary alicyclic amines) is 1. The Morgan fingerprint density at radius 1 is 1.58 bits per heavy atom. The van der Waals surface area contributed by atoms with Crippen LogP contribution in [0.15, 0.2) is 12.1 Å². The number of anilines is 1. The Hall–Kier alpha value is -1.73. The van der Waals surface area contributed by atoms with Gasteiger partial charge < -0.3 is 15.2 Å². The van der Waals surface area contributed by atoms with Gasteiger partial charge >= 0.3 is 0 Å². The summed E-state index contributed by atoms with van der Waals surface area (Å²) in [6.45, 7) is 2.89. The fourth-order valence-electron chi connectivity index (χ4n) is 2.36. The van der Waals surface area contributed by atoms with E-state index in [1.54, 1.807) is 24.1 Å². The van der Waals surface area contributed by atoms with E-state index >= 15 is 0 Å². The average molecular weight is 264 g/mol. The van der Waals surface area contributed by atoms with Gasteiger partial charge in [0.1, 0.15) is 0 Å². The molecule has 1 aromatic rings. The third kappa shape index (κ3) is 3.39. The first-order valence-electron chi connectivity index (χ1n) is 6.34. The molecule has 7 nitrogen and oxygen atoms in total. The second-order valence-corrected chi connectivity index (χ2v) is 5.05. The molecule has 1 saturated heterocycles. The highest BCUT2D eigenvalue weighted by atomic mass is 16.2. The average Bonchev–Trinajstić information content (AvgIpc) is 2.83. The minimum atomic E-state index is -0.106. The van der Waals surface area contributed by atoms with E-state index in [2.05, 4.69) is 27.6 Å². The summed E-state index contributed by atoms with van der Waals surface area (Å²) in [5, 5.41) is 7.67. The van der Waals surface area contributed by atoms with E-state index in [0.717, 1.165) is 26.1 Å². The van der Waals surface area contributed by atoms with Gasteiger partial charge in [-0.2, -0.15) is 0 Å². The zero-order valence-electron chi connectivity index (χ0n) is 11.3. The van der Waals surface area contributed by atoms with Crippen molar-refractivity contribution < 1.29 is 4.79 Å². The van der Waals surface area contributed by atoms with Gasteiger partial charge in [-0.15, -0.1) is 10.2 Å². The quantitative estimate of drug-likeness (QED) is 0.578. The number of hydrogen-bond acceptors (Lipinski definition) is 6. The monoisotopic (exact) mass is 264 g/mol. The van der Waals surface area contributed by atoms with Crippen LogP contribution in [0.25, 0.3) is 0 Å². The lowest BCUT2D eigenvalue weighted by atomic mass is 10.1. The number of nitrogen functional groups attached to an aromatic ring is 1. The van der Waals surface area contributed by atoms with Gasteiger partial charge in [0.2, 0.25) is 0 Å². The van der Waals surface area contributed by atoms with E-state index in [-0.39, 0.29) is 5.91 Å². The molecule has 2 rings (SSSR count). The van der Waals surface area contributed by atoms with Crippen molar-refractivity contribution in [2.24, 2.45) is 11.8 Å². The van der Waals surface area contributed by atoms with Gasteiger partial charge in [0.05, 0.1) is 0 Å². The van der Waals surface area contributed by atoms with E-state index in [1.807, 2.05) is 0 Å².